The SMILES string of the molecule is FC1C=C(CS)CCC1. The van der Waals surface area contributed by atoms with Crippen LogP contribution < -0.4 is 0 Å². The van der Waals surface area contributed by atoms with Gasteiger partial charge < -0.3 is 0 Å². The van der Waals surface area contributed by atoms with Gasteiger partial charge in [-0.1, -0.05) is 11.6 Å². The van der Waals surface area contributed by atoms with Gasteiger partial charge in [-0.25, -0.2) is 4.39 Å². The van der Waals surface area contributed by atoms with Crippen LogP contribution in [0.5, 0.6) is 0 Å². The molecule has 0 saturated heterocycles. The van der Waals surface area contributed by atoms with Crippen molar-refractivity contribution < 1.29 is 4.39 Å². The Hall–Kier alpha value is 0.0200. The van der Waals surface area contributed by atoms with Gasteiger partial charge in [-0.2, -0.15) is 12.6 Å². The second-order valence-corrected chi connectivity index (χ2v) is 2.71. The fourth-order valence-electron chi connectivity index (χ4n) is 1.08. The van der Waals surface area contributed by atoms with Gasteiger partial charge in [0.2, 0.25) is 0 Å². The molecule has 0 saturated carbocycles. The largest absolute Gasteiger partial charge is 0.243 e. The molecule has 1 unspecified atom stereocenters. The van der Waals surface area contributed by atoms with Crippen molar-refractivity contribution in [3.8, 4) is 0 Å². The molecular formula is C7H11FS. The molecule has 0 bridgehead atoms. The van der Waals surface area contributed by atoms with E-state index in [0.717, 1.165) is 24.2 Å². The van der Waals surface area contributed by atoms with Gasteiger partial charge in [-0.3, -0.25) is 0 Å². The smallest absolute Gasteiger partial charge is 0.119 e. The zero-order chi connectivity index (χ0) is 6.69. The van der Waals surface area contributed by atoms with Crippen LogP contribution in [0.3, 0.4) is 0 Å². The van der Waals surface area contributed by atoms with E-state index in [1.165, 1.54) is 0 Å². The van der Waals surface area contributed by atoms with E-state index in [1.807, 2.05) is 0 Å². The van der Waals surface area contributed by atoms with Crippen molar-refractivity contribution in [1.82, 2.24) is 0 Å². The van der Waals surface area contributed by atoms with E-state index in [1.54, 1.807) is 6.08 Å². The normalized spacial score (nSPS) is 27.8. The molecule has 0 nitrogen and oxygen atoms in total. The first kappa shape index (κ1) is 7.13. The number of alkyl halides is 1. The molecule has 1 rings (SSSR count). The van der Waals surface area contributed by atoms with Gasteiger partial charge in [0.25, 0.3) is 0 Å². The van der Waals surface area contributed by atoms with Gasteiger partial charge in [0.1, 0.15) is 6.17 Å². The van der Waals surface area contributed by atoms with Crippen molar-refractivity contribution in [2.45, 2.75) is 25.4 Å². The van der Waals surface area contributed by atoms with Gasteiger partial charge in [0, 0.05) is 5.75 Å². The minimum absolute atomic E-state index is 0.694. The molecule has 1 aliphatic carbocycles. The number of hydrogen-bond donors (Lipinski definition) is 1. The summed E-state index contributed by atoms with van der Waals surface area (Å²) in [4.78, 5) is 0. The highest BCUT2D eigenvalue weighted by atomic mass is 32.1. The average Bonchev–Trinajstić information content (AvgIpc) is 1.88. The minimum atomic E-state index is -0.694. The Balaban J connectivity index is 2.49. The van der Waals surface area contributed by atoms with Crippen LogP contribution in [0.2, 0.25) is 0 Å². The van der Waals surface area contributed by atoms with Gasteiger partial charge in [-0.15, -0.1) is 0 Å². The Labute approximate surface area is 60.6 Å². The Bertz CT molecular complexity index is 120. The first-order chi connectivity index (χ1) is 4.33. The lowest BCUT2D eigenvalue weighted by atomic mass is 10.00. The third kappa shape index (κ3) is 2.01. The molecular weight excluding hydrogens is 135 g/mol. The zero-order valence-corrected chi connectivity index (χ0v) is 6.20. The summed E-state index contributed by atoms with van der Waals surface area (Å²) < 4.78 is 12.5. The van der Waals surface area contributed by atoms with Crippen molar-refractivity contribution in [2.24, 2.45) is 0 Å². The monoisotopic (exact) mass is 146 g/mol. The molecule has 0 heterocycles. The zero-order valence-electron chi connectivity index (χ0n) is 5.31. The van der Waals surface area contributed by atoms with E-state index in [2.05, 4.69) is 12.6 Å². The topological polar surface area (TPSA) is 0 Å². The molecule has 9 heavy (non-hydrogen) atoms. The molecule has 2 heteroatoms. The van der Waals surface area contributed by atoms with Crippen molar-refractivity contribution in [1.29, 1.82) is 0 Å². The number of thiol groups is 1. The standard InChI is InChI=1S/C7H11FS/c8-7-3-1-2-6(4-7)5-9/h4,7,9H,1-3,5H2. The maximum atomic E-state index is 12.5. The molecule has 1 atom stereocenters. The van der Waals surface area contributed by atoms with Crippen LogP contribution in [0, 0.1) is 0 Å². The summed E-state index contributed by atoms with van der Waals surface area (Å²) in [6.45, 7) is 0. The van der Waals surface area contributed by atoms with Crippen molar-refractivity contribution in [3.05, 3.63) is 11.6 Å². The quantitative estimate of drug-likeness (QED) is 0.426. The molecule has 0 aromatic heterocycles. The molecule has 0 spiro atoms. The molecule has 0 aromatic rings. The lowest BCUT2D eigenvalue weighted by Gasteiger charge is -2.12. The minimum Gasteiger partial charge on any atom is -0.243 e. The number of rotatable bonds is 1. The lowest BCUT2D eigenvalue weighted by Crippen LogP contribution is -2.04. The van der Waals surface area contributed by atoms with Crippen LogP contribution in [-0.2, 0) is 0 Å². The highest BCUT2D eigenvalue weighted by Crippen LogP contribution is 2.20. The van der Waals surface area contributed by atoms with E-state index in [4.69, 9.17) is 0 Å². The summed E-state index contributed by atoms with van der Waals surface area (Å²) in [5.74, 6) is 0.723. The Morgan fingerprint density at radius 3 is 3.00 bits per heavy atom. The Morgan fingerprint density at radius 2 is 2.56 bits per heavy atom. The molecule has 0 radical (unpaired) electrons. The summed E-state index contributed by atoms with van der Waals surface area (Å²) in [6, 6.07) is 0. The van der Waals surface area contributed by atoms with E-state index in [9.17, 15) is 4.39 Å². The fraction of sp³-hybridized carbons (Fsp3) is 0.714. The highest BCUT2D eigenvalue weighted by molar-refractivity contribution is 7.80. The predicted octanol–water partition coefficient (Wildman–Crippen LogP) is 2.36. The molecule has 0 fully saturated rings. The molecule has 52 valence electrons. The van der Waals surface area contributed by atoms with Crippen LogP contribution in [0.15, 0.2) is 11.6 Å². The lowest BCUT2D eigenvalue weighted by molar-refractivity contribution is 0.357. The predicted molar refractivity (Wildman–Crippen MR) is 40.7 cm³/mol. The highest BCUT2D eigenvalue weighted by Gasteiger charge is 2.10. The third-order valence-electron chi connectivity index (χ3n) is 1.60. The first-order valence-electron chi connectivity index (χ1n) is 3.27. The Morgan fingerprint density at radius 1 is 1.78 bits per heavy atom. The van der Waals surface area contributed by atoms with E-state index in [-0.39, 0.29) is 0 Å². The fourth-order valence-corrected chi connectivity index (χ4v) is 1.34. The van der Waals surface area contributed by atoms with Gasteiger partial charge in [0.05, 0.1) is 0 Å². The summed E-state index contributed by atoms with van der Waals surface area (Å²) in [5, 5.41) is 0. The average molecular weight is 146 g/mol. The Kier molecular flexibility index (Phi) is 2.58. The van der Waals surface area contributed by atoms with E-state index >= 15 is 0 Å². The van der Waals surface area contributed by atoms with Crippen LogP contribution in [0.25, 0.3) is 0 Å². The van der Waals surface area contributed by atoms with Gasteiger partial charge >= 0.3 is 0 Å². The first-order valence-corrected chi connectivity index (χ1v) is 3.90. The third-order valence-corrected chi connectivity index (χ3v) is 2.00. The molecule has 0 aliphatic heterocycles. The maximum Gasteiger partial charge on any atom is 0.119 e. The maximum absolute atomic E-state index is 12.5. The van der Waals surface area contributed by atoms with Crippen LogP contribution in [0.1, 0.15) is 19.3 Å². The van der Waals surface area contributed by atoms with Crippen LogP contribution in [-0.4, -0.2) is 11.9 Å². The summed E-state index contributed by atoms with van der Waals surface area (Å²) >= 11 is 4.07. The summed E-state index contributed by atoms with van der Waals surface area (Å²) in [6.07, 6.45) is 3.76. The van der Waals surface area contributed by atoms with Crippen molar-refractivity contribution in [3.63, 3.8) is 0 Å². The van der Waals surface area contributed by atoms with Gasteiger partial charge in [-0.05, 0) is 19.3 Å². The number of hydrogen-bond acceptors (Lipinski definition) is 1. The summed E-state index contributed by atoms with van der Waals surface area (Å²) in [5.41, 5.74) is 1.16. The number of halogens is 1. The molecule has 1 aliphatic rings. The van der Waals surface area contributed by atoms with E-state index < -0.39 is 6.17 Å². The molecule has 0 amide bonds. The summed E-state index contributed by atoms with van der Waals surface area (Å²) in [7, 11) is 0. The van der Waals surface area contributed by atoms with E-state index in [0.29, 0.717) is 6.42 Å². The van der Waals surface area contributed by atoms with Crippen molar-refractivity contribution >= 4 is 12.6 Å². The van der Waals surface area contributed by atoms with Crippen molar-refractivity contribution in [2.75, 3.05) is 5.75 Å². The number of allylic oxidation sites excluding steroid dienone is 1. The molecule has 0 N–H and O–H groups in total. The van der Waals surface area contributed by atoms with Gasteiger partial charge in [0.15, 0.2) is 0 Å². The molecule has 0 aromatic carbocycles. The second-order valence-electron chi connectivity index (χ2n) is 2.39. The second kappa shape index (κ2) is 3.25. The van der Waals surface area contributed by atoms with Crippen LogP contribution >= 0.6 is 12.6 Å². The van der Waals surface area contributed by atoms with Crippen LogP contribution in [0.4, 0.5) is 4.39 Å².